The predicted octanol–water partition coefficient (Wildman–Crippen LogP) is 2.73. The number of ether oxygens (including phenoxy) is 2. The lowest BCUT2D eigenvalue weighted by Crippen LogP contribution is -2.49. The normalized spacial score (nSPS) is 18.2. The summed E-state index contributed by atoms with van der Waals surface area (Å²) in [4.78, 5) is 12.2. The zero-order valence-electron chi connectivity index (χ0n) is 14.7. The van der Waals surface area contributed by atoms with E-state index in [1.165, 1.54) is 18.2 Å². The summed E-state index contributed by atoms with van der Waals surface area (Å²) in [6.45, 7) is 3.05. The minimum Gasteiger partial charge on any atom is -0.488 e. The van der Waals surface area contributed by atoms with Crippen molar-refractivity contribution in [2.75, 3.05) is 19.8 Å². The van der Waals surface area contributed by atoms with Crippen molar-refractivity contribution < 1.29 is 27.4 Å². The Bertz CT molecular complexity index is 589. The molecule has 1 saturated heterocycles. The highest BCUT2D eigenvalue weighted by molar-refractivity contribution is 5.81. The third kappa shape index (κ3) is 5.60. The number of halogens is 3. The van der Waals surface area contributed by atoms with Crippen LogP contribution in [0.3, 0.4) is 0 Å². The summed E-state index contributed by atoms with van der Waals surface area (Å²) >= 11 is 0. The second-order valence-electron chi connectivity index (χ2n) is 6.36. The Morgan fingerprint density at radius 3 is 2.62 bits per heavy atom. The van der Waals surface area contributed by atoms with E-state index in [1.807, 2.05) is 0 Å². The van der Waals surface area contributed by atoms with E-state index in [9.17, 15) is 18.0 Å². The predicted molar refractivity (Wildman–Crippen MR) is 90.7 cm³/mol. The van der Waals surface area contributed by atoms with Crippen LogP contribution in [0.25, 0.3) is 0 Å². The minimum absolute atomic E-state index is 0.0516. The molecule has 5 nitrogen and oxygen atoms in total. The van der Waals surface area contributed by atoms with Gasteiger partial charge in [0, 0.05) is 13.2 Å². The molecule has 146 valence electrons. The molecule has 0 saturated carbocycles. The van der Waals surface area contributed by atoms with Gasteiger partial charge >= 0.3 is 6.18 Å². The molecule has 1 aromatic rings. The van der Waals surface area contributed by atoms with Gasteiger partial charge in [-0.15, -0.1) is 0 Å². The van der Waals surface area contributed by atoms with Crippen LogP contribution in [0.5, 0.6) is 5.75 Å². The summed E-state index contributed by atoms with van der Waals surface area (Å²) in [5.74, 6) is -0.506. The molecule has 1 heterocycles. The highest BCUT2D eigenvalue weighted by Crippen LogP contribution is 2.36. The Morgan fingerprint density at radius 1 is 1.35 bits per heavy atom. The van der Waals surface area contributed by atoms with Gasteiger partial charge in [0.25, 0.3) is 0 Å². The number of nitrogens with one attached hydrogen (secondary N) is 1. The van der Waals surface area contributed by atoms with E-state index < -0.39 is 23.9 Å². The number of hydrogen-bond donors (Lipinski definition) is 2. The summed E-state index contributed by atoms with van der Waals surface area (Å²) in [6.07, 6.45) is -3.19. The number of carbonyl (C=O) groups excluding carboxylic acids is 1. The van der Waals surface area contributed by atoms with Crippen LogP contribution in [0.1, 0.15) is 31.7 Å². The van der Waals surface area contributed by atoms with E-state index >= 15 is 0 Å². The molecule has 1 aliphatic heterocycles. The van der Waals surface area contributed by atoms with Crippen molar-refractivity contribution in [3.63, 3.8) is 0 Å². The van der Waals surface area contributed by atoms with Gasteiger partial charge in [-0.1, -0.05) is 19.1 Å². The van der Waals surface area contributed by atoms with Crippen LogP contribution in [-0.4, -0.2) is 37.8 Å². The zero-order chi connectivity index (χ0) is 19.2. The summed E-state index contributed by atoms with van der Waals surface area (Å²) < 4.78 is 49.9. The molecule has 1 fully saturated rings. The van der Waals surface area contributed by atoms with Crippen LogP contribution in [0.2, 0.25) is 0 Å². The van der Waals surface area contributed by atoms with Gasteiger partial charge in [0.1, 0.15) is 11.9 Å². The molecule has 8 heteroatoms. The molecular weight excluding hydrogens is 349 g/mol. The standard InChI is InChI=1S/C18H25F3N2O3/c1-2-13(26-15-6-4-3-5-14(15)18(19,20)21)11-23-17(24)16(22)12-7-9-25-10-8-12/h3-6,12-13,16H,2,7-11,22H2,1H3,(H,23,24). The van der Waals surface area contributed by atoms with Crippen LogP contribution in [0.15, 0.2) is 24.3 Å². The van der Waals surface area contributed by atoms with Crippen molar-refractivity contribution in [2.45, 2.75) is 44.5 Å². The van der Waals surface area contributed by atoms with Crippen LogP contribution >= 0.6 is 0 Å². The van der Waals surface area contributed by atoms with Crippen LogP contribution in [0, 0.1) is 5.92 Å². The number of benzene rings is 1. The molecule has 1 aromatic carbocycles. The number of amides is 1. The average Bonchev–Trinajstić information content (AvgIpc) is 2.64. The number of nitrogens with two attached hydrogens (primary N) is 1. The van der Waals surface area contributed by atoms with Crippen LogP contribution < -0.4 is 15.8 Å². The number of rotatable bonds is 7. The first kappa shape index (κ1) is 20.5. The summed E-state index contributed by atoms with van der Waals surface area (Å²) in [6, 6.07) is 4.39. The monoisotopic (exact) mass is 374 g/mol. The van der Waals surface area contributed by atoms with Crippen molar-refractivity contribution in [3.8, 4) is 5.75 Å². The first-order valence-corrected chi connectivity index (χ1v) is 8.76. The van der Waals surface area contributed by atoms with E-state index in [1.54, 1.807) is 6.92 Å². The van der Waals surface area contributed by atoms with Gasteiger partial charge < -0.3 is 20.5 Å². The first-order chi connectivity index (χ1) is 12.3. The quantitative estimate of drug-likeness (QED) is 0.770. The van der Waals surface area contributed by atoms with Gasteiger partial charge in [-0.2, -0.15) is 13.2 Å². The molecule has 2 unspecified atom stereocenters. The third-order valence-electron chi connectivity index (χ3n) is 4.52. The maximum Gasteiger partial charge on any atom is 0.419 e. The number of hydrogen-bond acceptors (Lipinski definition) is 4. The van der Waals surface area contributed by atoms with Crippen molar-refractivity contribution in [1.29, 1.82) is 0 Å². The Morgan fingerprint density at radius 2 is 2.00 bits per heavy atom. The Kier molecular flexibility index (Phi) is 7.28. The molecule has 0 spiro atoms. The molecular formula is C18H25F3N2O3. The van der Waals surface area contributed by atoms with E-state index in [4.69, 9.17) is 15.2 Å². The molecule has 2 rings (SSSR count). The van der Waals surface area contributed by atoms with Crippen LogP contribution in [-0.2, 0) is 15.7 Å². The lowest BCUT2D eigenvalue weighted by molar-refractivity contribution is -0.139. The molecule has 26 heavy (non-hydrogen) atoms. The lowest BCUT2D eigenvalue weighted by Gasteiger charge is -2.27. The van der Waals surface area contributed by atoms with E-state index in [2.05, 4.69) is 5.32 Å². The molecule has 3 N–H and O–H groups in total. The largest absolute Gasteiger partial charge is 0.488 e. The van der Waals surface area contributed by atoms with Gasteiger partial charge in [-0.25, -0.2) is 0 Å². The molecule has 0 bridgehead atoms. The fourth-order valence-corrected chi connectivity index (χ4v) is 2.87. The van der Waals surface area contributed by atoms with Gasteiger partial charge in [-0.05, 0) is 37.3 Å². The smallest absolute Gasteiger partial charge is 0.419 e. The highest BCUT2D eigenvalue weighted by Gasteiger charge is 2.34. The van der Waals surface area contributed by atoms with Gasteiger partial charge in [0.15, 0.2) is 0 Å². The Balaban J connectivity index is 1.92. The fourth-order valence-electron chi connectivity index (χ4n) is 2.87. The summed E-state index contributed by atoms with van der Waals surface area (Å²) in [5.41, 5.74) is 5.17. The van der Waals surface area contributed by atoms with Crippen molar-refractivity contribution in [2.24, 2.45) is 11.7 Å². The lowest BCUT2D eigenvalue weighted by atomic mass is 9.92. The van der Waals surface area contributed by atoms with Gasteiger partial charge in [0.2, 0.25) is 5.91 Å². The summed E-state index contributed by atoms with van der Waals surface area (Å²) in [7, 11) is 0. The summed E-state index contributed by atoms with van der Waals surface area (Å²) in [5, 5.41) is 2.70. The molecule has 2 atom stereocenters. The number of alkyl halides is 3. The molecule has 1 amide bonds. The van der Waals surface area contributed by atoms with Crippen molar-refractivity contribution in [1.82, 2.24) is 5.32 Å². The minimum atomic E-state index is -4.50. The van der Waals surface area contributed by atoms with Crippen molar-refractivity contribution in [3.05, 3.63) is 29.8 Å². The fraction of sp³-hybridized carbons (Fsp3) is 0.611. The maximum absolute atomic E-state index is 13.1. The SMILES string of the molecule is CCC(CNC(=O)C(N)C1CCOCC1)Oc1ccccc1C(F)(F)F. The van der Waals surface area contributed by atoms with Crippen molar-refractivity contribution >= 4 is 5.91 Å². The number of para-hydroxylation sites is 1. The van der Waals surface area contributed by atoms with Gasteiger partial charge in [-0.3, -0.25) is 4.79 Å². The molecule has 0 aromatic heterocycles. The topological polar surface area (TPSA) is 73.6 Å². The third-order valence-corrected chi connectivity index (χ3v) is 4.52. The molecule has 0 radical (unpaired) electrons. The van der Waals surface area contributed by atoms with E-state index in [-0.39, 0.29) is 24.1 Å². The highest BCUT2D eigenvalue weighted by atomic mass is 19.4. The second kappa shape index (κ2) is 9.23. The Hall–Kier alpha value is -1.80. The maximum atomic E-state index is 13.1. The molecule has 0 aliphatic carbocycles. The van der Waals surface area contributed by atoms with E-state index in [0.29, 0.717) is 19.6 Å². The van der Waals surface area contributed by atoms with Crippen LogP contribution in [0.4, 0.5) is 13.2 Å². The zero-order valence-corrected chi connectivity index (χ0v) is 14.7. The second-order valence-corrected chi connectivity index (χ2v) is 6.36. The number of carbonyl (C=O) groups is 1. The molecule has 1 aliphatic rings. The Labute approximate surface area is 151 Å². The van der Waals surface area contributed by atoms with E-state index in [0.717, 1.165) is 18.9 Å². The first-order valence-electron chi connectivity index (χ1n) is 8.76. The van der Waals surface area contributed by atoms with Gasteiger partial charge in [0.05, 0.1) is 18.2 Å². The average molecular weight is 374 g/mol.